The molecule has 31 heavy (non-hydrogen) atoms. The number of carboxylic acid groups (broad SMARTS) is 1. The highest BCUT2D eigenvalue weighted by Gasteiger charge is 2.19. The van der Waals surface area contributed by atoms with Crippen LogP contribution in [-0.2, 0) is 4.79 Å². The number of carbonyl (C=O) groups excluding carboxylic acids is 1. The average Bonchev–Trinajstić information content (AvgIpc) is 2.73. The first-order valence-corrected chi connectivity index (χ1v) is 10.2. The molecule has 0 spiro atoms. The number of carboxylic acids is 1. The molecule has 0 aliphatic rings. The molecule has 0 unspecified atom stereocenters. The van der Waals surface area contributed by atoms with Crippen molar-refractivity contribution < 1.29 is 19.4 Å². The van der Waals surface area contributed by atoms with Crippen LogP contribution in [-0.4, -0.2) is 35.6 Å². The van der Waals surface area contributed by atoms with Gasteiger partial charge in [0.2, 0.25) is 0 Å². The summed E-state index contributed by atoms with van der Waals surface area (Å²) in [6.45, 7) is 1.90. The van der Waals surface area contributed by atoms with Crippen molar-refractivity contribution in [3.8, 4) is 16.9 Å². The number of nitrogens with zero attached hydrogens (tertiary/aromatic N) is 2. The van der Waals surface area contributed by atoms with Gasteiger partial charge in [-0.25, -0.2) is 4.98 Å². The molecule has 0 saturated carbocycles. The molecular weight excluding hydrogens is 439 g/mol. The monoisotopic (exact) mass is 458 g/mol. The molecule has 6 nitrogen and oxygen atoms in total. The maximum Gasteiger partial charge on any atom is 0.306 e. The van der Waals surface area contributed by atoms with Gasteiger partial charge in [0.05, 0.1) is 18.7 Å². The SMILES string of the molecule is Cc1cc(Cl)ncc1-c1cc(C(=O)N(C)c2ccccc2OCCC(=O)O)ccc1Cl. The molecule has 160 valence electrons. The predicted octanol–water partition coefficient (Wildman–Crippen LogP) is 5.49. The largest absolute Gasteiger partial charge is 0.491 e. The smallest absolute Gasteiger partial charge is 0.306 e. The number of benzene rings is 2. The molecule has 0 saturated heterocycles. The number of pyridine rings is 1. The molecule has 2 aromatic carbocycles. The van der Waals surface area contributed by atoms with Crippen LogP contribution in [0.3, 0.4) is 0 Å². The van der Waals surface area contributed by atoms with Crippen LogP contribution in [0.25, 0.3) is 11.1 Å². The maximum atomic E-state index is 13.2. The number of aryl methyl sites for hydroxylation is 1. The van der Waals surface area contributed by atoms with Crippen LogP contribution < -0.4 is 9.64 Å². The Labute approximate surface area is 190 Å². The van der Waals surface area contributed by atoms with Crippen molar-refractivity contribution in [3.63, 3.8) is 0 Å². The number of hydrogen-bond acceptors (Lipinski definition) is 4. The second-order valence-corrected chi connectivity index (χ2v) is 7.64. The van der Waals surface area contributed by atoms with E-state index in [-0.39, 0.29) is 18.9 Å². The fourth-order valence-corrected chi connectivity index (χ4v) is 3.51. The van der Waals surface area contributed by atoms with Crippen LogP contribution in [0.2, 0.25) is 10.2 Å². The Kier molecular flexibility index (Phi) is 7.15. The van der Waals surface area contributed by atoms with Crippen LogP contribution >= 0.6 is 23.2 Å². The fourth-order valence-electron chi connectivity index (χ4n) is 3.08. The molecule has 1 N–H and O–H groups in total. The number of halogens is 2. The number of hydrogen-bond donors (Lipinski definition) is 1. The van der Waals surface area contributed by atoms with E-state index in [2.05, 4.69) is 4.98 Å². The Morgan fingerprint density at radius 1 is 1.10 bits per heavy atom. The first-order chi connectivity index (χ1) is 14.8. The first-order valence-electron chi connectivity index (χ1n) is 9.41. The number of carbonyl (C=O) groups is 2. The van der Waals surface area contributed by atoms with E-state index in [1.807, 2.05) is 6.92 Å². The molecule has 8 heteroatoms. The zero-order valence-corrected chi connectivity index (χ0v) is 18.4. The van der Waals surface area contributed by atoms with Gasteiger partial charge in [0.1, 0.15) is 10.9 Å². The lowest BCUT2D eigenvalue weighted by Gasteiger charge is -2.21. The number of ether oxygens (including phenoxy) is 1. The van der Waals surface area contributed by atoms with Crippen molar-refractivity contribution in [2.75, 3.05) is 18.6 Å². The summed E-state index contributed by atoms with van der Waals surface area (Å²) in [6.07, 6.45) is 1.49. The molecule has 0 aliphatic heterocycles. The van der Waals surface area contributed by atoms with Gasteiger partial charge >= 0.3 is 5.97 Å². The second-order valence-electron chi connectivity index (χ2n) is 6.84. The number of rotatable bonds is 7. The van der Waals surface area contributed by atoms with Gasteiger partial charge in [-0.05, 0) is 48.9 Å². The lowest BCUT2D eigenvalue weighted by Crippen LogP contribution is -2.27. The minimum atomic E-state index is -0.956. The lowest BCUT2D eigenvalue weighted by molar-refractivity contribution is -0.137. The van der Waals surface area contributed by atoms with Gasteiger partial charge in [0.15, 0.2) is 0 Å². The standard InChI is InChI=1S/C23H20Cl2N2O4/c1-14-11-21(25)26-13-17(14)16-12-15(7-8-18(16)24)23(30)27(2)19-5-3-4-6-20(19)31-10-9-22(28)29/h3-8,11-13H,9-10H2,1-2H3,(H,28,29). The molecule has 0 aliphatic carbocycles. The topological polar surface area (TPSA) is 79.7 Å². The van der Waals surface area contributed by atoms with Crippen molar-refractivity contribution in [3.05, 3.63) is 76.0 Å². The number of aromatic nitrogens is 1. The van der Waals surface area contributed by atoms with E-state index in [4.69, 9.17) is 33.0 Å². The zero-order chi connectivity index (χ0) is 22.5. The molecule has 0 fully saturated rings. The number of para-hydroxylation sites is 2. The maximum absolute atomic E-state index is 13.2. The summed E-state index contributed by atoms with van der Waals surface area (Å²) in [4.78, 5) is 29.5. The van der Waals surface area contributed by atoms with E-state index < -0.39 is 5.97 Å². The van der Waals surface area contributed by atoms with Crippen LogP contribution in [0, 0.1) is 6.92 Å². The number of anilines is 1. The molecule has 1 aromatic heterocycles. The number of aliphatic carboxylic acids is 1. The summed E-state index contributed by atoms with van der Waals surface area (Å²) >= 11 is 12.4. The zero-order valence-electron chi connectivity index (χ0n) is 16.9. The first kappa shape index (κ1) is 22.6. The van der Waals surface area contributed by atoms with Crippen molar-refractivity contribution in [1.82, 2.24) is 4.98 Å². The Hall–Kier alpha value is -3.09. The Morgan fingerprint density at radius 3 is 2.55 bits per heavy atom. The van der Waals surface area contributed by atoms with Gasteiger partial charge in [-0.3, -0.25) is 9.59 Å². The average molecular weight is 459 g/mol. The van der Waals surface area contributed by atoms with E-state index in [1.165, 1.54) is 4.90 Å². The van der Waals surface area contributed by atoms with Crippen LogP contribution in [0.1, 0.15) is 22.3 Å². The molecule has 3 rings (SSSR count). The summed E-state index contributed by atoms with van der Waals surface area (Å²) in [7, 11) is 1.63. The lowest BCUT2D eigenvalue weighted by atomic mass is 10.0. The highest BCUT2D eigenvalue weighted by molar-refractivity contribution is 6.33. The Morgan fingerprint density at radius 2 is 1.84 bits per heavy atom. The Balaban J connectivity index is 1.91. The van der Waals surface area contributed by atoms with E-state index in [9.17, 15) is 9.59 Å². The van der Waals surface area contributed by atoms with Crippen LogP contribution in [0.5, 0.6) is 5.75 Å². The van der Waals surface area contributed by atoms with E-state index in [0.29, 0.717) is 32.7 Å². The second kappa shape index (κ2) is 9.81. The summed E-state index contributed by atoms with van der Waals surface area (Å²) in [6, 6.07) is 13.7. The van der Waals surface area contributed by atoms with Crippen molar-refractivity contribution >= 4 is 40.8 Å². The molecule has 1 amide bonds. The van der Waals surface area contributed by atoms with E-state index >= 15 is 0 Å². The van der Waals surface area contributed by atoms with Gasteiger partial charge in [0.25, 0.3) is 5.91 Å². The van der Waals surface area contributed by atoms with Gasteiger partial charge in [-0.15, -0.1) is 0 Å². The summed E-state index contributed by atoms with van der Waals surface area (Å²) in [5.41, 5.74) is 3.30. The van der Waals surface area contributed by atoms with Gasteiger partial charge in [-0.2, -0.15) is 0 Å². The predicted molar refractivity (Wildman–Crippen MR) is 121 cm³/mol. The van der Waals surface area contributed by atoms with Gasteiger partial charge in [-0.1, -0.05) is 35.3 Å². The molecule has 0 radical (unpaired) electrons. The van der Waals surface area contributed by atoms with Crippen LogP contribution in [0.15, 0.2) is 54.7 Å². The third-order valence-electron chi connectivity index (χ3n) is 4.69. The van der Waals surface area contributed by atoms with E-state index in [1.54, 1.807) is 61.8 Å². The highest BCUT2D eigenvalue weighted by Crippen LogP contribution is 2.33. The van der Waals surface area contributed by atoms with Gasteiger partial charge < -0.3 is 14.7 Å². The molecule has 0 atom stereocenters. The molecule has 1 heterocycles. The Bertz CT molecular complexity index is 1130. The molecule has 0 bridgehead atoms. The fraction of sp³-hybridized carbons (Fsp3) is 0.174. The van der Waals surface area contributed by atoms with Gasteiger partial charge in [0, 0.05) is 35.0 Å². The third-order valence-corrected chi connectivity index (χ3v) is 5.22. The normalized spacial score (nSPS) is 10.6. The molecular formula is C23H20Cl2N2O4. The van der Waals surface area contributed by atoms with E-state index in [0.717, 1.165) is 11.1 Å². The highest BCUT2D eigenvalue weighted by atomic mass is 35.5. The molecule has 3 aromatic rings. The minimum absolute atomic E-state index is 0.00230. The summed E-state index contributed by atoms with van der Waals surface area (Å²) < 4.78 is 5.58. The third kappa shape index (κ3) is 5.34. The van der Waals surface area contributed by atoms with Crippen molar-refractivity contribution in [2.24, 2.45) is 0 Å². The number of amides is 1. The minimum Gasteiger partial charge on any atom is -0.491 e. The van der Waals surface area contributed by atoms with Crippen molar-refractivity contribution in [1.29, 1.82) is 0 Å². The van der Waals surface area contributed by atoms with Crippen molar-refractivity contribution in [2.45, 2.75) is 13.3 Å². The summed E-state index contributed by atoms with van der Waals surface area (Å²) in [5, 5.41) is 9.68. The quantitative estimate of drug-likeness (QED) is 0.473. The van der Waals surface area contributed by atoms with Crippen LogP contribution in [0.4, 0.5) is 5.69 Å². The summed E-state index contributed by atoms with van der Waals surface area (Å²) in [5.74, 6) is -0.805.